The van der Waals surface area contributed by atoms with Crippen LogP contribution >= 0.6 is 11.6 Å². The lowest BCUT2D eigenvalue weighted by atomic mass is 10.1. The molecule has 1 aromatic carbocycles. The maximum absolute atomic E-state index is 11.8. The van der Waals surface area contributed by atoms with Crippen molar-refractivity contribution in [1.29, 1.82) is 0 Å². The van der Waals surface area contributed by atoms with E-state index in [9.17, 15) is 9.59 Å². The smallest absolute Gasteiger partial charge is 0.220 e. The normalized spacial score (nSPS) is 11.8. The Kier molecular flexibility index (Phi) is 7.09. The summed E-state index contributed by atoms with van der Waals surface area (Å²) in [6.07, 6.45) is 1.30. The summed E-state index contributed by atoms with van der Waals surface area (Å²) >= 11 is 5.91. The highest BCUT2D eigenvalue weighted by Crippen LogP contribution is 2.17. The van der Waals surface area contributed by atoms with Gasteiger partial charge < -0.3 is 10.6 Å². The maximum Gasteiger partial charge on any atom is 0.220 e. The Labute approximate surface area is 124 Å². The van der Waals surface area contributed by atoms with Gasteiger partial charge in [-0.3, -0.25) is 9.59 Å². The van der Waals surface area contributed by atoms with Crippen LogP contribution in [0.4, 0.5) is 0 Å². The molecule has 2 amide bonds. The molecule has 0 heterocycles. The van der Waals surface area contributed by atoms with Gasteiger partial charge in [0.15, 0.2) is 0 Å². The van der Waals surface area contributed by atoms with E-state index in [0.29, 0.717) is 11.6 Å². The van der Waals surface area contributed by atoms with E-state index in [1.807, 2.05) is 32.0 Å². The van der Waals surface area contributed by atoms with Crippen LogP contribution in [0.5, 0.6) is 0 Å². The topological polar surface area (TPSA) is 58.2 Å². The Hall–Kier alpha value is -1.55. The number of halogens is 1. The van der Waals surface area contributed by atoms with Gasteiger partial charge in [0.05, 0.1) is 6.04 Å². The Bertz CT molecular complexity index is 463. The molecule has 110 valence electrons. The van der Waals surface area contributed by atoms with Crippen molar-refractivity contribution < 1.29 is 9.59 Å². The summed E-state index contributed by atoms with van der Waals surface area (Å²) in [7, 11) is 0. The molecule has 0 saturated carbocycles. The van der Waals surface area contributed by atoms with Crippen molar-refractivity contribution >= 4 is 23.4 Å². The van der Waals surface area contributed by atoms with Crippen molar-refractivity contribution in [2.45, 2.75) is 39.2 Å². The predicted octanol–water partition coefficient (Wildman–Crippen LogP) is 2.82. The second-order valence-electron chi connectivity index (χ2n) is 4.69. The van der Waals surface area contributed by atoms with Crippen LogP contribution in [0.25, 0.3) is 0 Å². The third kappa shape index (κ3) is 6.06. The first-order valence-electron chi connectivity index (χ1n) is 6.84. The van der Waals surface area contributed by atoms with Crippen molar-refractivity contribution in [3.63, 3.8) is 0 Å². The molecule has 20 heavy (non-hydrogen) atoms. The first kappa shape index (κ1) is 16.5. The number of nitrogens with one attached hydrogen (secondary N) is 2. The zero-order chi connectivity index (χ0) is 15.0. The molecule has 0 aliphatic rings. The molecular formula is C15H21ClN2O2. The van der Waals surface area contributed by atoms with Gasteiger partial charge in [-0.2, -0.15) is 0 Å². The van der Waals surface area contributed by atoms with Gasteiger partial charge in [0.25, 0.3) is 0 Å². The van der Waals surface area contributed by atoms with E-state index in [0.717, 1.165) is 12.0 Å². The van der Waals surface area contributed by atoms with Crippen LogP contribution in [0.15, 0.2) is 24.3 Å². The number of benzene rings is 1. The average molecular weight is 297 g/mol. The Morgan fingerprint density at radius 3 is 2.60 bits per heavy atom. The summed E-state index contributed by atoms with van der Waals surface area (Å²) in [4.78, 5) is 23.2. The Balaban J connectivity index is 2.36. The maximum atomic E-state index is 11.8. The molecule has 0 radical (unpaired) electrons. The van der Waals surface area contributed by atoms with Crippen molar-refractivity contribution in [2.75, 3.05) is 6.54 Å². The van der Waals surface area contributed by atoms with Gasteiger partial charge in [0, 0.05) is 24.4 Å². The highest BCUT2D eigenvalue weighted by molar-refractivity contribution is 6.30. The fourth-order valence-corrected chi connectivity index (χ4v) is 1.95. The zero-order valence-electron chi connectivity index (χ0n) is 11.9. The minimum Gasteiger partial charge on any atom is -0.356 e. The summed E-state index contributed by atoms with van der Waals surface area (Å²) in [5.41, 5.74) is 0.946. The van der Waals surface area contributed by atoms with Crippen LogP contribution < -0.4 is 10.6 Å². The van der Waals surface area contributed by atoms with Crippen LogP contribution in [-0.2, 0) is 9.59 Å². The van der Waals surface area contributed by atoms with Crippen LogP contribution in [0, 0.1) is 0 Å². The molecule has 1 aromatic rings. The molecule has 1 rings (SSSR count). The summed E-state index contributed by atoms with van der Waals surface area (Å²) in [5, 5.41) is 6.24. The Morgan fingerprint density at radius 2 is 1.95 bits per heavy atom. The summed E-state index contributed by atoms with van der Waals surface area (Å²) < 4.78 is 0. The number of rotatable bonds is 7. The van der Waals surface area contributed by atoms with Crippen molar-refractivity contribution in [1.82, 2.24) is 10.6 Å². The lowest BCUT2D eigenvalue weighted by molar-refractivity contribution is -0.126. The quantitative estimate of drug-likeness (QED) is 0.813. The predicted molar refractivity (Wildman–Crippen MR) is 80.5 cm³/mol. The third-order valence-electron chi connectivity index (χ3n) is 2.88. The van der Waals surface area contributed by atoms with Gasteiger partial charge in [-0.1, -0.05) is 30.7 Å². The SMILES string of the molecule is CCCNC(=O)CCC(=O)N[C@@H](C)c1cccc(Cl)c1. The minimum atomic E-state index is -0.135. The van der Waals surface area contributed by atoms with Gasteiger partial charge in [-0.25, -0.2) is 0 Å². The van der Waals surface area contributed by atoms with E-state index >= 15 is 0 Å². The van der Waals surface area contributed by atoms with E-state index in [-0.39, 0.29) is 30.7 Å². The fourth-order valence-electron chi connectivity index (χ4n) is 1.75. The van der Waals surface area contributed by atoms with Crippen molar-refractivity contribution in [2.24, 2.45) is 0 Å². The molecular weight excluding hydrogens is 276 g/mol. The van der Waals surface area contributed by atoms with Gasteiger partial charge in [0.2, 0.25) is 11.8 Å². The van der Waals surface area contributed by atoms with Crippen LogP contribution in [0.3, 0.4) is 0 Å². The molecule has 0 fully saturated rings. The lowest BCUT2D eigenvalue weighted by Crippen LogP contribution is -2.29. The van der Waals surface area contributed by atoms with E-state index in [2.05, 4.69) is 10.6 Å². The van der Waals surface area contributed by atoms with Crippen molar-refractivity contribution in [3.05, 3.63) is 34.9 Å². The number of hydrogen-bond acceptors (Lipinski definition) is 2. The molecule has 5 heteroatoms. The zero-order valence-corrected chi connectivity index (χ0v) is 12.7. The molecule has 0 aliphatic carbocycles. The van der Waals surface area contributed by atoms with Crippen LogP contribution in [0.1, 0.15) is 44.7 Å². The number of hydrogen-bond donors (Lipinski definition) is 2. The molecule has 2 N–H and O–H groups in total. The number of carbonyl (C=O) groups excluding carboxylic acids is 2. The standard InChI is InChI=1S/C15H21ClN2O2/c1-3-9-17-14(19)7-8-15(20)18-11(2)12-5-4-6-13(16)10-12/h4-6,10-11H,3,7-9H2,1-2H3,(H,17,19)(H,18,20)/t11-/m0/s1. The van der Waals surface area contributed by atoms with E-state index in [1.54, 1.807) is 6.07 Å². The second kappa shape index (κ2) is 8.59. The third-order valence-corrected chi connectivity index (χ3v) is 3.11. The first-order valence-corrected chi connectivity index (χ1v) is 7.22. The minimum absolute atomic E-state index is 0.0857. The monoisotopic (exact) mass is 296 g/mol. The van der Waals surface area contributed by atoms with Crippen LogP contribution in [-0.4, -0.2) is 18.4 Å². The Morgan fingerprint density at radius 1 is 1.25 bits per heavy atom. The largest absolute Gasteiger partial charge is 0.356 e. The van der Waals surface area contributed by atoms with Gasteiger partial charge in [0.1, 0.15) is 0 Å². The number of amides is 2. The molecule has 1 atom stereocenters. The van der Waals surface area contributed by atoms with E-state index in [4.69, 9.17) is 11.6 Å². The van der Waals surface area contributed by atoms with E-state index < -0.39 is 0 Å². The highest BCUT2D eigenvalue weighted by Gasteiger charge is 2.11. The highest BCUT2D eigenvalue weighted by atomic mass is 35.5. The second-order valence-corrected chi connectivity index (χ2v) is 5.13. The lowest BCUT2D eigenvalue weighted by Gasteiger charge is -2.14. The average Bonchev–Trinajstić information content (AvgIpc) is 2.42. The fraction of sp³-hybridized carbons (Fsp3) is 0.467. The molecule has 4 nitrogen and oxygen atoms in total. The molecule has 0 aliphatic heterocycles. The summed E-state index contributed by atoms with van der Waals surface area (Å²) in [6.45, 7) is 4.53. The number of carbonyl (C=O) groups is 2. The van der Waals surface area contributed by atoms with Gasteiger partial charge >= 0.3 is 0 Å². The summed E-state index contributed by atoms with van der Waals surface area (Å²) in [5.74, 6) is -0.221. The summed E-state index contributed by atoms with van der Waals surface area (Å²) in [6, 6.07) is 7.24. The first-order chi connectivity index (χ1) is 9.52. The molecule has 0 saturated heterocycles. The van der Waals surface area contributed by atoms with Crippen molar-refractivity contribution in [3.8, 4) is 0 Å². The molecule has 0 bridgehead atoms. The van der Waals surface area contributed by atoms with Crippen LogP contribution in [0.2, 0.25) is 5.02 Å². The van der Waals surface area contributed by atoms with E-state index in [1.165, 1.54) is 0 Å². The molecule has 0 unspecified atom stereocenters. The van der Waals surface area contributed by atoms with Gasteiger partial charge in [-0.05, 0) is 31.0 Å². The molecule has 0 spiro atoms. The molecule has 0 aromatic heterocycles. The van der Waals surface area contributed by atoms with Gasteiger partial charge in [-0.15, -0.1) is 0 Å².